The van der Waals surface area contributed by atoms with Crippen molar-refractivity contribution in [3.05, 3.63) is 52.7 Å². The molecule has 0 radical (unpaired) electrons. The van der Waals surface area contributed by atoms with Crippen molar-refractivity contribution in [2.45, 2.75) is 25.8 Å². The van der Waals surface area contributed by atoms with Gasteiger partial charge < -0.3 is 10.2 Å². The first-order valence-corrected chi connectivity index (χ1v) is 10.5. The van der Waals surface area contributed by atoms with Crippen LogP contribution in [0.2, 0.25) is 0 Å². The zero-order valence-corrected chi connectivity index (χ0v) is 16.7. The summed E-state index contributed by atoms with van der Waals surface area (Å²) in [6.45, 7) is 2.44. The summed E-state index contributed by atoms with van der Waals surface area (Å²) >= 11 is 1.48. The summed E-state index contributed by atoms with van der Waals surface area (Å²) in [6, 6.07) is 8.07. The summed E-state index contributed by atoms with van der Waals surface area (Å²) < 4.78 is 16.1. The monoisotopic (exact) mass is 415 g/mol. The molecule has 2 aromatic heterocycles. The van der Waals surface area contributed by atoms with E-state index in [-0.39, 0.29) is 23.2 Å². The van der Waals surface area contributed by atoms with Crippen molar-refractivity contribution in [3.8, 4) is 0 Å². The van der Waals surface area contributed by atoms with Gasteiger partial charge in [-0.2, -0.15) is 5.10 Å². The number of para-hydroxylation sites is 1. The molecule has 0 atom stereocenters. The van der Waals surface area contributed by atoms with Crippen LogP contribution in [0.1, 0.15) is 19.3 Å². The van der Waals surface area contributed by atoms with Gasteiger partial charge >= 0.3 is 0 Å². The van der Waals surface area contributed by atoms with Crippen molar-refractivity contribution in [2.75, 3.05) is 24.5 Å². The number of carbonyl (C=O) groups is 1. The molecule has 1 amide bonds. The van der Waals surface area contributed by atoms with E-state index in [2.05, 4.69) is 20.3 Å². The minimum atomic E-state index is -0.299. The highest BCUT2D eigenvalue weighted by Crippen LogP contribution is 2.32. The van der Waals surface area contributed by atoms with Crippen LogP contribution in [0.4, 0.5) is 9.52 Å². The molecule has 7 nitrogen and oxygen atoms in total. The van der Waals surface area contributed by atoms with Gasteiger partial charge in [-0.1, -0.05) is 17.4 Å². The van der Waals surface area contributed by atoms with Crippen molar-refractivity contribution < 1.29 is 9.18 Å². The fourth-order valence-corrected chi connectivity index (χ4v) is 4.54. The molecule has 152 valence electrons. The van der Waals surface area contributed by atoms with E-state index in [4.69, 9.17) is 0 Å². The number of nitrogens with zero attached hydrogens (tertiary/aromatic N) is 4. The fraction of sp³-hybridized carbons (Fsp3) is 0.400. The van der Waals surface area contributed by atoms with E-state index < -0.39 is 0 Å². The van der Waals surface area contributed by atoms with E-state index in [1.54, 1.807) is 18.3 Å². The van der Waals surface area contributed by atoms with Crippen LogP contribution in [-0.4, -0.2) is 40.3 Å². The van der Waals surface area contributed by atoms with E-state index in [0.29, 0.717) is 25.0 Å². The van der Waals surface area contributed by atoms with Crippen LogP contribution in [0.15, 0.2) is 41.3 Å². The Morgan fingerprint density at radius 3 is 2.83 bits per heavy atom. The Morgan fingerprint density at radius 2 is 2.07 bits per heavy atom. The van der Waals surface area contributed by atoms with Gasteiger partial charge in [0.25, 0.3) is 5.56 Å². The third-order valence-corrected chi connectivity index (χ3v) is 6.21. The van der Waals surface area contributed by atoms with Gasteiger partial charge in [0.1, 0.15) is 11.3 Å². The molecule has 1 N–H and O–H groups in total. The Bertz CT molecular complexity index is 1060. The standard InChI is InChI=1S/C20H22FN5O2S/c21-15-4-1-5-16-18(15)24-20(29-16)25-12-7-14(8-13-25)19(28)22-9-3-11-26-17(27)6-2-10-23-26/h1-2,4-6,10,14H,3,7-9,11-13H2,(H,22,28). The molecule has 3 aromatic rings. The number of hydrogen-bond donors (Lipinski definition) is 1. The molecule has 1 aliphatic heterocycles. The Balaban J connectivity index is 1.24. The maximum Gasteiger partial charge on any atom is 0.266 e. The highest BCUT2D eigenvalue weighted by molar-refractivity contribution is 7.22. The number of thiazole rings is 1. The van der Waals surface area contributed by atoms with Gasteiger partial charge in [0, 0.05) is 44.4 Å². The number of fused-ring (bicyclic) bond motifs is 1. The molecule has 3 heterocycles. The molecule has 4 rings (SSSR count). The lowest BCUT2D eigenvalue weighted by molar-refractivity contribution is -0.125. The average molecular weight is 415 g/mol. The maximum absolute atomic E-state index is 13.9. The zero-order valence-electron chi connectivity index (χ0n) is 15.9. The summed E-state index contributed by atoms with van der Waals surface area (Å²) in [6.07, 6.45) is 3.71. The van der Waals surface area contributed by atoms with E-state index in [9.17, 15) is 14.0 Å². The van der Waals surface area contributed by atoms with Crippen LogP contribution in [0.25, 0.3) is 10.2 Å². The minimum absolute atomic E-state index is 0.0325. The summed E-state index contributed by atoms with van der Waals surface area (Å²) in [4.78, 5) is 30.6. The first-order chi connectivity index (χ1) is 14.1. The van der Waals surface area contributed by atoms with Gasteiger partial charge in [-0.05, 0) is 37.5 Å². The number of carbonyl (C=O) groups excluding carboxylic acids is 1. The maximum atomic E-state index is 13.9. The lowest BCUT2D eigenvalue weighted by Crippen LogP contribution is -2.41. The molecule has 0 spiro atoms. The Hall–Kier alpha value is -2.81. The van der Waals surface area contributed by atoms with Gasteiger partial charge in [0.15, 0.2) is 5.13 Å². The summed E-state index contributed by atoms with van der Waals surface area (Å²) in [7, 11) is 0. The number of anilines is 1. The molecule has 0 saturated carbocycles. The number of amides is 1. The van der Waals surface area contributed by atoms with Crippen LogP contribution in [0.3, 0.4) is 0 Å². The highest BCUT2D eigenvalue weighted by Gasteiger charge is 2.26. The second kappa shape index (κ2) is 8.69. The predicted octanol–water partition coefficient (Wildman–Crippen LogP) is 2.41. The molecule has 1 aromatic carbocycles. The van der Waals surface area contributed by atoms with Crippen LogP contribution in [0.5, 0.6) is 0 Å². The van der Waals surface area contributed by atoms with Crippen LogP contribution >= 0.6 is 11.3 Å². The van der Waals surface area contributed by atoms with Crippen LogP contribution < -0.4 is 15.8 Å². The van der Waals surface area contributed by atoms with Gasteiger partial charge in [-0.3, -0.25) is 9.59 Å². The molecular formula is C20H22FN5O2S. The molecule has 29 heavy (non-hydrogen) atoms. The molecule has 0 bridgehead atoms. The van der Waals surface area contributed by atoms with Gasteiger partial charge in [-0.25, -0.2) is 14.1 Å². The number of hydrogen-bond acceptors (Lipinski definition) is 6. The molecule has 0 unspecified atom stereocenters. The van der Waals surface area contributed by atoms with Crippen LogP contribution in [-0.2, 0) is 11.3 Å². The normalized spacial score (nSPS) is 15.0. The lowest BCUT2D eigenvalue weighted by Gasteiger charge is -2.31. The molecule has 1 saturated heterocycles. The van der Waals surface area contributed by atoms with Gasteiger partial charge in [-0.15, -0.1) is 0 Å². The molecule has 9 heteroatoms. The number of rotatable bonds is 6. The predicted molar refractivity (Wildman–Crippen MR) is 111 cm³/mol. The molecule has 1 aliphatic rings. The van der Waals surface area contributed by atoms with Crippen molar-refractivity contribution in [1.82, 2.24) is 20.1 Å². The Morgan fingerprint density at radius 1 is 1.24 bits per heavy atom. The largest absolute Gasteiger partial charge is 0.356 e. The number of halogens is 1. The highest BCUT2D eigenvalue weighted by atomic mass is 32.1. The third kappa shape index (κ3) is 4.45. The Labute approximate surface area is 171 Å². The minimum Gasteiger partial charge on any atom is -0.356 e. The molecule has 0 aliphatic carbocycles. The number of nitrogens with one attached hydrogen (secondary N) is 1. The quantitative estimate of drug-likeness (QED) is 0.626. The van der Waals surface area contributed by atoms with Crippen LogP contribution in [0, 0.1) is 11.7 Å². The van der Waals surface area contributed by atoms with Gasteiger partial charge in [0.2, 0.25) is 5.91 Å². The number of piperidine rings is 1. The van der Waals surface area contributed by atoms with E-state index >= 15 is 0 Å². The zero-order chi connectivity index (χ0) is 20.2. The third-order valence-electron chi connectivity index (χ3n) is 5.13. The fourth-order valence-electron chi connectivity index (χ4n) is 3.51. The second-order valence-corrected chi connectivity index (χ2v) is 8.08. The van der Waals surface area contributed by atoms with E-state index in [1.165, 1.54) is 28.2 Å². The smallest absolute Gasteiger partial charge is 0.266 e. The molecular weight excluding hydrogens is 393 g/mol. The van der Waals surface area contributed by atoms with Crippen molar-refractivity contribution >= 4 is 32.6 Å². The average Bonchev–Trinajstić information content (AvgIpc) is 3.18. The van der Waals surface area contributed by atoms with Gasteiger partial charge in [0.05, 0.1) is 4.70 Å². The van der Waals surface area contributed by atoms with Crippen molar-refractivity contribution in [3.63, 3.8) is 0 Å². The molecule has 1 fully saturated rings. The van der Waals surface area contributed by atoms with Crippen molar-refractivity contribution in [1.29, 1.82) is 0 Å². The number of benzene rings is 1. The summed E-state index contributed by atoms with van der Waals surface area (Å²) in [5.41, 5.74) is 0.278. The topological polar surface area (TPSA) is 80.1 Å². The number of aromatic nitrogens is 3. The second-order valence-electron chi connectivity index (χ2n) is 7.07. The Kier molecular flexibility index (Phi) is 5.84. The lowest BCUT2D eigenvalue weighted by atomic mass is 9.96. The van der Waals surface area contributed by atoms with E-state index in [0.717, 1.165) is 35.8 Å². The first kappa shape index (κ1) is 19.5. The number of aryl methyl sites for hydroxylation is 1. The summed E-state index contributed by atoms with van der Waals surface area (Å²) in [5, 5.41) is 7.77. The van der Waals surface area contributed by atoms with E-state index in [1.807, 2.05) is 6.07 Å². The summed E-state index contributed by atoms with van der Waals surface area (Å²) in [5.74, 6) is -0.282. The first-order valence-electron chi connectivity index (χ1n) is 9.71. The SMILES string of the molecule is O=C(NCCCn1ncccc1=O)C1CCN(c2nc3c(F)cccc3s2)CC1. The van der Waals surface area contributed by atoms with Crippen molar-refractivity contribution in [2.24, 2.45) is 5.92 Å².